The number of ether oxygens (including phenoxy) is 1. The van der Waals surface area contributed by atoms with E-state index in [0.29, 0.717) is 5.54 Å². The van der Waals surface area contributed by atoms with Crippen LogP contribution in [0.2, 0.25) is 0 Å². The summed E-state index contributed by atoms with van der Waals surface area (Å²) in [5, 5.41) is 4.49. The molecule has 1 aliphatic carbocycles. The van der Waals surface area contributed by atoms with E-state index in [0.717, 1.165) is 30.7 Å². The van der Waals surface area contributed by atoms with Crippen molar-refractivity contribution in [2.75, 3.05) is 39.9 Å². The van der Waals surface area contributed by atoms with E-state index in [1.807, 2.05) is 11.8 Å². The molecule has 2 saturated heterocycles. The summed E-state index contributed by atoms with van der Waals surface area (Å²) in [6.45, 7) is 9.07. The fraction of sp³-hybridized carbons (Fsp3) is 0.842. The molecule has 0 N–H and O–H groups in total. The predicted molar refractivity (Wildman–Crippen MR) is 94.9 cm³/mol. The first-order chi connectivity index (χ1) is 11.6. The largest absolute Gasteiger partial charge is 0.384 e. The van der Waals surface area contributed by atoms with Gasteiger partial charge < -0.3 is 4.74 Å². The van der Waals surface area contributed by atoms with E-state index in [1.54, 1.807) is 0 Å². The lowest BCUT2D eigenvalue weighted by atomic mass is 9.75. The van der Waals surface area contributed by atoms with Crippen molar-refractivity contribution in [3.63, 3.8) is 0 Å². The van der Waals surface area contributed by atoms with E-state index in [4.69, 9.17) is 4.74 Å². The quantitative estimate of drug-likeness (QED) is 0.798. The number of aromatic nitrogens is 2. The van der Waals surface area contributed by atoms with Crippen LogP contribution in [0.25, 0.3) is 0 Å². The summed E-state index contributed by atoms with van der Waals surface area (Å²) >= 11 is 0. The zero-order valence-corrected chi connectivity index (χ0v) is 15.5. The topological polar surface area (TPSA) is 33.5 Å². The van der Waals surface area contributed by atoms with E-state index in [9.17, 15) is 0 Å². The highest BCUT2D eigenvalue weighted by Crippen LogP contribution is 2.42. The average Bonchev–Trinajstić information content (AvgIpc) is 3.25. The van der Waals surface area contributed by atoms with Crippen LogP contribution >= 0.6 is 0 Å². The number of rotatable bonds is 6. The molecule has 3 fully saturated rings. The molecule has 0 bridgehead atoms. The Hall–Kier alpha value is -0.910. The van der Waals surface area contributed by atoms with Gasteiger partial charge in [0.15, 0.2) is 0 Å². The van der Waals surface area contributed by atoms with Gasteiger partial charge in [0.25, 0.3) is 0 Å². The summed E-state index contributed by atoms with van der Waals surface area (Å²) in [7, 11) is 3.91. The molecular formula is C19H32N4O. The van der Waals surface area contributed by atoms with Gasteiger partial charge in [0.1, 0.15) is 0 Å². The van der Waals surface area contributed by atoms with Gasteiger partial charge in [-0.2, -0.15) is 5.10 Å². The van der Waals surface area contributed by atoms with Gasteiger partial charge in [-0.1, -0.05) is 0 Å². The molecule has 24 heavy (non-hydrogen) atoms. The number of aryl methyl sites for hydroxylation is 2. The van der Waals surface area contributed by atoms with Crippen LogP contribution in [0.1, 0.15) is 37.1 Å². The third-order valence-corrected chi connectivity index (χ3v) is 6.24. The Morgan fingerprint density at radius 2 is 2.04 bits per heavy atom. The van der Waals surface area contributed by atoms with E-state index in [1.165, 1.54) is 57.6 Å². The molecular weight excluding hydrogens is 300 g/mol. The van der Waals surface area contributed by atoms with Crippen LogP contribution in [0, 0.1) is 18.8 Å². The van der Waals surface area contributed by atoms with Crippen molar-refractivity contribution in [1.82, 2.24) is 19.6 Å². The van der Waals surface area contributed by atoms with Gasteiger partial charge in [-0.15, -0.1) is 0 Å². The van der Waals surface area contributed by atoms with E-state index >= 15 is 0 Å². The predicted octanol–water partition coefficient (Wildman–Crippen LogP) is 2.05. The molecule has 1 spiro atoms. The van der Waals surface area contributed by atoms with Crippen molar-refractivity contribution in [2.45, 2.75) is 44.7 Å². The summed E-state index contributed by atoms with van der Waals surface area (Å²) in [6, 6.07) is 2.22. The van der Waals surface area contributed by atoms with E-state index < -0.39 is 0 Å². The Morgan fingerprint density at radius 1 is 1.25 bits per heavy atom. The Morgan fingerprint density at radius 3 is 2.67 bits per heavy atom. The molecule has 5 nitrogen and oxygen atoms in total. The van der Waals surface area contributed by atoms with Crippen molar-refractivity contribution in [3.05, 3.63) is 17.5 Å². The third kappa shape index (κ3) is 3.26. The van der Waals surface area contributed by atoms with Gasteiger partial charge >= 0.3 is 0 Å². The lowest BCUT2D eigenvalue weighted by Gasteiger charge is -2.60. The highest BCUT2D eigenvalue weighted by Gasteiger charge is 2.51. The molecule has 0 aromatic carbocycles. The fourth-order valence-electron chi connectivity index (χ4n) is 4.89. The summed E-state index contributed by atoms with van der Waals surface area (Å²) in [5.74, 6) is 1.72. The monoisotopic (exact) mass is 332 g/mol. The van der Waals surface area contributed by atoms with Crippen molar-refractivity contribution >= 4 is 0 Å². The van der Waals surface area contributed by atoms with Crippen LogP contribution in [0.5, 0.6) is 0 Å². The number of hydrogen-bond donors (Lipinski definition) is 0. The number of nitrogens with zero attached hydrogens (tertiary/aromatic N) is 4. The van der Waals surface area contributed by atoms with Gasteiger partial charge in [0.2, 0.25) is 0 Å². The molecule has 4 rings (SSSR count). The molecule has 0 unspecified atom stereocenters. The molecule has 0 amide bonds. The molecule has 3 aliphatic rings. The number of methoxy groups -OCH3 is 1. The van der Waals surface area contributed by atoms with Gasteiger partial charge in [0.05, 0.1) is 11.4 Å². The lowest BCUT2D eigenvalue weighted by Crippen LogP contribution is -2.72. The number of piperidine rings is 1. The first-order valence-electron chi connectivity index (χ1n) is 9.54. The summed E-state index contributed by atoms with van der Waals surface area (Å²) in [4.78, 5) is 5.44. The maximum absolute atomic E-state index is 5.47. The van der Waals surface area contributed by atoms with Crippen LogP contribution in [0.4, 0.5) is 0 Å². The molecule has 134 valence electrons. The molecule has 3 heterocycles. The van der Waals surface area contributed by atoms with Crippen LogP contribution in [-0.2, 0) is 18.3 Å². The Labute approximate surface area is 145 Å². The molecule has 2 aliphatic heterocycles. The lowest BCUT2D eigenvalue weighted by molar-refractivity contribution is -0.104. The van der Waals surface area contributed by atoms with Crippen molar-refractivity contribution in [2.24, 2.45) is 18.9 Å². The van der Waals surface area contributed by atoms with Crippen LogP contribution in [0.3, 0.4) is 0 Å². The highest BCUT2D eigenvalue weighted by molar-refractivity contribution is 5.13. The molecule has 1 atom stereocenters. The molecule has 0 radical (unpaired) electrons. The van der Waals surface area contributed by atoms with E-state index in [-0.39, 0.29) is 0 Å². The van der Waals surface area contributed by atoms with Gasteiger partial charge in [-0.3, -0.25) is 14.5 Å². The third-order valence-electron chi connectivity index (χ3n) is 6.24. The molecule has 1 aromatic heterocycles. The first-order valence-corrected chi connectivity index (χ1v) is 9.54. The van der Waals surface area contributed by atoms with E-state index in [2.05, 4.69) is 34.9 Å². The zero-order valence-electron chi connectivity index (χ0n) is 15.5. The number of likely N-dealkylation sites (tertiary alicyclic amines) is 2. The Kier molecular flexibility index (Phi) is 4.43. The van der Waals surface area contributed by atoms with Crippen LogP contribution in [-0.4, -0.2) is 65.0 Å². The standard InChI is InChI=1S/C19H32N4O/c1-15-8-18(21(2)20-15)11-22-13-19(14-22)9-17(12-24-3)6-7-23(19)10-16-4-5-16/h8,16-17H,4-7,9-14H2,1-3H3/t17-/m1/s1. The minimum Gasteiger partial charge on any atom is -0.384 e. The van der Waals surface area contributed by atoms with Gasteiger partial charge in [-0.05, 0) is 57.1 Å². The van der Waals surface area contributed by atoms with Crippen LogP contribution < -0.4 is 0 Å². The maximum Gasteiger partial charge on any atom is 0.0597 e. The Bertz CT molecular complexity index is 574. The molecule has 1 saturated carbocycles. The van der Waals surface area contributed by atoms with Crippen molar-refractivity contribution < 1.29 is 4.74 Å². The summed E-state index contributed by atoms with van der Waals surface area (Å²) in [6.07, 6.45) is 5.52. The molecule has 5 heteroatoms. The van der Waals surface area contributed by atoms with Crippen molar-refractivity contribution in [1.29, 1.82) is 0 Å². The van der Waals surface area contributed by atoms with Gasteiger partial charge in [-0.25, -0.2) is 0 Å². The highest BCUT2D eigenvalue weighted by atomic mass is 16.5. The summed E-state index contributed by atoms with van der Waals surface area (Å²) in [5.41, 5.74) is 2.87. The minimum absolute atomic E-state index is 0.414. The average molecular weight is 332 g/mol. The van der Waals surface area contributed by atoms with Gasteiger partial charge in [0, 0.05) is 52.5 Å². The molecule has 1 aromatic rings. The maximum atomic E-state index is 5.47. The SMILES string of the molecule is COC[C@@H]1CCN(CC2CC2)C2(C1)CN(Cc1cc(C)nn1C)C2. The summed E-state index contributed by atoms with van der Waals surface area (Å²) < 4.78 is 7.51. The van der Waals surface area contributed by atoms with Crippen LogP contribution in [0.15, 0.2) is 6.07 Å². The Balaban J connectivity index is 1.40. The second-order valence-electron chi connectivity index (χ2n) is 8.47. The normalized spacial score (nSPS) is 27.5. The first kappa shape index (κ1) is 16.6. The minimum atomic E-state index is 0.414. The van der Waals surface area contributed by atoms with Crippen molar-refractivity contribution in [3.8, 4) is 0 Å². The second kappa shape index (κ2) is 6.43. The fourth-order valence-corrected chi connectivity index (χ4v) is 4.89. The number of hydrogen-bond acceptors (Lipinski definition) is 4. The smallest absolute Gasteiger partial charge is 0.0597 e. The zero-order chi connectivity index (χ0) is 16.7. The second-order valence-corrected chi connectivity index (χ2v) is 8.47.